The van der Waals surface area contributed by atoms with E-state index in [4.69, 9.17) is 21.2 Å². The van der Waals surface area contributed by atoms with Crippen molar-refractivity contribution in [3.05, 3.63) is 0 Å². The van der Waals surface area contributed by atoms with Crippen molar-refractivity contribution in [1.29, 1.82) is 5.26 Å². The molecule has 0 aliphatic heterocycles. The molecule has 0 saturated carbocycles. The molecule has 0 spiro atoms. The van der Waals surface area contributed by atoms with Gasteiger partial charge in [0.25, 0.3) is 0 Å². The predicted octanol–water partition coefficient (Wildman–Crippen LogP) is -1.04. The first-order chi connectivity index (χ1) is 7.81. The van der Waals surface area contributed by atoms with E-state index < -0.39 is 29.9 Å². The van der Waals surface area contributed by atoms with Crippen LogP contribution >= 0.6 is 0 Å². The fourth-order valence-corrected chi connectivity index (χ4v) is 0.992. The quantitative estimate of drug-likeness (QED) is 0.399. The lowest BCUT2D eigenvalue weighted by Crippen LogP contribution is -2.40. The molecule has 0 fully saturated rings. The van der Waals surface area contributed by atoms with Gasteiger partial charge >= 0.3 is 11.9 Å². The van der Waals surface area contributed by atoms with Gasteiger partial charge in [-0.2, -0.15) is 5.26 Å². The van der Waals surface area contributed by atoms with Gasteiger partial charge in [-0.15, -0.1) is 0 Å². The summed E-state index contributed by atoms with van der Waals surface area (Å²) in [6.45, 7) is 1.18. The molecule has 0 aromatic heterocycles. The Hall–Kier alpha value is -2.14. The standard InChI is InChI=1S/C9H13N3O5/c1-5(8(14)15)12(4-10)7(13)3-2-6(11)9(16)17/h5-6H,2-3,11H2,1H3,(H,14,15)(H,16,17)/t5-,6-/m0/s1. The zero-order valence-electron chi connectivity index (χ0n) is 9.16. The number of carboxylic acids is 2. The maximum Gasteiger partial charge on any atom is 0.327 e. The Labute approximate surface area is 97.2 Å². The van der Waals surface area contributed by atoms with E-state index in [2.05, 4.69) is 0 Å². The summed E-state index contributed by atoms with van der Waals surface area (Å²) < 4.78 is 0. The second-order valence-electron chi connectivity index (χ2n) is 3.36. The van der Waals surface area contributed by atoms with Crippen molar-refractivity contribution < 1.29 is 24.6 Å². The van der Waals surface area contributed by atoms with Gasteiger partial charge in [-0.3, -0.25) is 9.59 Å². The van der Waals surface area contributed by atoms with Gasteiger partial charge in [0.15, 0.2) is 6.19 Å². The van der Waals surface area contributed by atoms with Crippen LogP contribution in [0.15, 0.2) is 0 Å². The lowest BCUT2D eigenvalue weighted by Gasteiger charge is -2.18. The summed E-state index contributed by atoms with van der Waals surface area (Å²) in [4.78, 5) is 32.9. The Balaban J connectivity index is 4.44. The van der Waals surface area contributed by atoms with E-state index in [1.807, 2.05) is 0 Å². The van der Waals surface area contributed by atoms with Crippen LogP contribution in [0.4, 0.5) is 0 Å². The molecule has 0 heterocycles. The van der Waals surface area contributed by atoms with E-state index in [0.29, 0.717) is 4.90 Å². The molecule has 2 atom stereocenters. The molecule has 0 aromatic carbocycles. The fourth-order valence-electron chi connectivity index (χ4n) is 0.992. The van der Waals surface area contributed by atoms with Crippen molar-refractivity contribution in [1.82, 2.24) is 4.90 Å². The van der Waals surface area contributed by atoms with Gasteiger partial charge < -0.3 is 15.9 Å². The smallest absolute Gasteiger partial charge is 0.327 e. The van der Waals surface area contributed by atoms with Gasteiger partial charge in [0.2, 0.25) is 5.91 Å². The first-order valence-electron chi connectivity index (χ1n) is 4.74. The molecule has 0 aromatic rings. The van der Waals surface area contributed by atoms with Gasteiger partial charge in [-0.05, 0) is 13.3 Å². The van der Waals surface area contributed by atoms with Crippen molar-refractivity contribution in [2.75, 3.05) is 0 Å². The molecular formula is C9H13N3O5. The summed E-state index contributed by atoms with van der Waals surface area (Å²) in [7, 11) is 0. The third kappa shape index (κ3) is 4.48. The first kappa shape index (κ1) is 14.9. The minimum atomic E-state index is -1.32. The van der Waals surface area contributed by atoms with Gasteiger partial charge in [0.1, 0.15) is 12.1 Å². The number of carbonyl (C=O) groups is 3. The molecule has 0 bridgehead atoms. The van der Waals surface area contributed by atoms with E-state index in [9.17, 15) is 14.4 Å². The number of nitriles is 1. The molecular weight excluding hydrogens is 230 g/mol. The molecule has 0 aliphatic rings. The maximum absolute atomic E-state index is 11.4. The monoisotopic (exact) mass is 243 g/mol. The first-order valence-corrected chi connectivity index (χ1v) is 4.74. The average Bonchev–Trinajstić information content (AvgIpc) is 2.26. The molecule has 0 radical (unpaired) electrons. The van der Waals surface area contributed by atoms with Crippen LogP contribution in [-0.4, -0.2) is 45.0 Å². The number of carboxylic acid groups (broad SMARTS) is 2. The number of hydrogen-bond acceptors (Lipinski definition) is 5. The largest absolute Gasteiger partial charge is 0.480 e. The van der Waals surface area contributed by atoms with Crippen LogP contribution in [0.2, 0.25) is 0 Å². The SMILES string of the molecule is C[C@@H](C(=O)O)N(C#N)C(=O)CC[C@H](N)C(=O)O. The molecule has 0 rings (SSSR count). The van der Waals surface area contributed by atoms with Crippen LogP contribution in [0, 0.1) is 11.5 Å². The maximum atomic E-state index is 11.4. The van der Waals surface area contributed by atoms with Crippen LogP contribution in [0.3, 0.4) is 0 Å². The third-order valence-electron chi connectivity index (χ3n) is 2.11. The Morgan fingerprint density at radius 2 is 1.88 bits per heavy atom. The molecule has 1 amide bonds. The van der Waals surface area contributed by atoms with Gasteiger partial charge in [-0.25, -0.2) is 9.69 Å². The number of aliphatic carboxylic acids is 2. The van der Waals surface area contributed by atoms with Gasteiger partial charge in [0.05, 0.1) is 0 Å². The van der Waals surface area contributed by atoms with Crippen LogP contribution in [-0.2, 0) is 14.4 Å². The highest BCUT2D eigenvalue weighted by atomic mass is 16.4. The zero-order chi connectivity index (χ0) is 13.6. The molecule has 17 heavy (non-hydrogen) atoms. The van der Waals surface area contributed by atoms with Crippen molar-refractivity contribution in [3.8, 4) is 6.19 Å². The van der Waals surface area contributed by atoms with Crippen LogP contribution < -0.4 is 5.73 Å². The summed E-state index contributed by atoms with van der Waals surface area (Å²) in [5, 5.41) is 25.7. The summed E-state index contributed by atoms with van der Waals surface area (Å²) in [5.41, 5.74) is 5.17. The highest BCUT2D eigenvalue weighted by Gasteiger charge is 2.26. The molecule has 0 aliphatic carbocycles. The van der Waals surface area contributed by atoms with Gasteiger partial charge in [-0.1, -0.05) is 0 Å². The number of rotatable bonds is 6. The minimum absolute atomic E-state index is 0.154. The molecule has 4 N–H and O–H groups in total. The van der Waals surface area contributed by atoms with E-state index in [1.54, 1.807) is 0 Å². The normalized spacial score (nSPS) is 13.2. The Morgan fingerprint density at radius 3 is 2.24 bits per heavy atom. The predicted molar refractivity (Wildman–Crippen MR) is 54.4 cm³/mol. The van der Waals surface area contributed by atoms with Crippen LogP contribution in [0.1, 0.15) is 19.8 Å². The molecule has 8 heteroatoms. The number of hydrogen-bond donors (Lipinski definition) is 3. The fraction of sp³-hybridized carbons (Fsp3) is 0.556. The summed E-state index contributed by atoms with van der Waals surface area (Å²) >= 11 is 0. The van der Waals surface area contributed by atoms with Crippen molar-refractivity contribution in [2.45, 2.75) is 31.8 Å². The Kier molecular flexibility index (Phi) is 5.63. The summed E-state index contributed by atoms with van der Waals surface area (Å²) in [6.07, 6.45) is 1.00. The Bertz CT molecular complexity index is 362. The number of nitrogens with zero attached hydrogens (tertiary/aromatic N) is 2. The third-order valence-corrected chi connectivity index (χ3v) is 2.11. The highest BCUT2D eigenvalue weighted by molar-refractivity contribution is 5.85. The minimum Gasteiger partial charge on any atom is -0.480 e. The van der Waals surface area contributed by atoms with E-state index >= 15 is 0 Å². The Morgan fingerprint density at radius 1 is 1.35 bits per heavy atom. The lowest BCUT2D eigenvalue weighted by molar-refractivity contribution is -0.147. The second kappa shape index (κ2) is 6.44. The van der Waals surface area contributed by atoms with Crippen molar-refractivity contribution in [2.24, 2.45) is 5.73 Å². The van der Waals surface area contributed by atoms with Gasteiger partial charge in [0, 0.05) is 6.42 Å². The van der Waals surface area contributed by atoms with E-state index in [-0.39, 0.29) is 12.8 Å². The molecule has 8 nitrogen and oxygen atoms in total. The van der Waals surface area contributed by atoms with Crippen molar-refractivity contribution in [3.63, 3.8) is 0 Å². The zero-order valence-corrected chi connectivity index (χ0v) is 9.16. The number of nitrogens with two attached hydrogens (primary N) is 1. The van der Waals surface area contributed by atoms with Crippen LogP contribution in [0.25, 0.3) is 0 Å². The lowest BCUT2D eigenvalue weighted by atomic mass is 10.1. The highest BCUT2D eigenvalue weighted by Crippen LogP contribution is 2.04. The number of amides is 1. The molecule has 0 unspecified atom stereocenters. The van der Waals surface area contributed by atoms with E-state index in [1.165, 1.54) is 13.1 Å². The van der Waals surface area contributed by atoms with Crippen molar-refractivity contribution >= 4 is 17.8 Å². The summed E-state index contributed by atoms with van der Waals surface area (Å²) in [6, 6.07) is -2.49. The second-order valence-corrected chi connectivity index (χ2v) is 3.36. The van der Waals surface area contributed by atoms with Crippen LogP contribution in [0.5, 0.6) is 0 Å². The average molecular weight is 243 g/mol. The number of carbonyl (C=O) groups excluding carboxylic acids is 1. The molecule has 94 valence electrons. The topological polar surface area (TPSA) is 145 Å². The summed E-state index contributed by atoms with van der Waals surface area (Å²) in [5.74, 6) is -3.34. The molecule has 0 saturated heterocycles. The van der Waals surface area contributed by atoms with E-state index in [0.717, 1.165) is 0 Å².